The van der Waals surface area contributed by atoms with Crippen molar-refractivity contribution in [2.75, 3.05) is 76.7 Å². The summed E-state index contributed by atoms with van der Waals surface area (Å²) < 4.78 is 21.3. The highest BCUT2D eigenvalue weighted by Gasteiger charge is 2.30. The smallest absolute Gasteiger partial charge is 0.412 e. The molecule has 0 radical (unpaired) electrons. The number of nitrogen functional groups attached to an aromatic ring is 1. The Kier molecular flexibility index (Phi) is 16.3. The first-order chi connectivity index (χ1) is 38.4. The first-order valence-electron chi connectivity index (χ1n) is 28.4. The number of carbonyl (C=O) groups excluding carboxylic acids is 3. The number of aromatic nitrogens is 2. The summed E-state index contributed by atoms with van der Waals surface area (Å²) >= 11 is 0. The maximum atomic E-state index is 13.9. The van der Waals surface area contributed by atoms with E-state index in [0.29, 0.717) is 35.2 Å². The largest absolute Gasteiger partial charge is 0.444 e. The Balaban J connectivity index is 0.000000170. The first kappa shape index (κ1) is 53.6. The van der Waals surface area contributed by atoms with Gasteiger partial charge in [-0.2, -0.15) is 0 Å². The summed E-state index contributed by atoms with van der Waals surface area (Å²) in [5.41, 5.74) is 19.5. The number of Topliss-reactive ketones (excluding diaryl/α,β-unsaturated/α-hetero) is 2. The lowest BCUT2D eigenvalue weighted by molar-refractivity contribution is 0.0365. The summed E-state index contributed by atoms with van der Waals surface area (Å²) in [4.78, 5) is 45.1. The Hall–Kier alpha value is -7.35. The van der Waals surface area contributed by atoms with Crippen molar-refractivity contribution >= 4 is 50.8 Å². The van der Waals surface area contributed by atoms with E-state index in [4.69, 9.17) is 19.9 Å². The molecule has 0 unspecified atom stereocenters. The van der Waals surface area contributed by atoms with Gasteiger partial charge in [0, 0.05) is 111 Å². The van der Waals surface area contributed by atoms with Crippen LogP contribution in [0.3, 0.4) is 0 Å². The highest BCUT2D eigenvalue weighted by molar-refractivity contribution is 6.04. The van der Waals surface area contributed by atoms with Crippen molar-refractivity contribution in [3.63, 3.8) is 0 Å². The molecule has 79 heavy (non-hydrogen) atoms. The number of hydrogen-bond acceptors (Lipinski definition) is 9. The molecule has 2 saturated heterocycles. The van der Waals surface area contributed by atoms with E-state index in [1.807, 2.05) is 106 Å². The highest BCUT2D eigenvalue weighted by Crippen LogP contribution is 2.45. The predicted molar refractivity (Wildman–Crippen MR) is 316 cm³/mol. The van der Waals surface area contributed by atoms with Gasteiger partial charge in [0.15, 0.2) is 11.6 Å². The number of ether oxygens (including phenoxy) is 3. The Morgan fingerprint density at radius 3 is 1.47 bits per heavy atom. The van der Waals surface area contributed by atoms with Crippen LogP contribution in [-0.4, -0.2) is 108 Å². The number of rotatable bonds is 17. The van der Waals surface area contributed by atoms with Crippen LogP contribution in [0.2, 0.25) is 0 Å². The SMILES string of the molecule is CC(C)(C)OC(=O)Nc1ccc(-c2ccccc2)cc1CC(=O)c1cc(C2CC2)c2c(ccn2CCN2CCOCC2)c1.Nc1ccc(-c2ccccc2)cc1CC(=O)c1cc(C2CC2)c2c(ccn2CCN2CCOCC2)c1. The zero-order valence-corrected chi connectivity index (χ0v) is 46.1. The fourth-order valence-corrected chi connectivity index (χ4v) is 11.2. The van der Waals surface area contributed by atoms with E-state index < -0.39 is 11.7 Å². The minimum absolute atomic E-state index is 0.0299. The lowest BCUT2D eigenvalue weighted by Crippen LogP contribution is -2.38. The normalized spacial score (nSPS) is 16.1. The molecular formula is C67H74N6O6. The third-order valence-corrected chi connectivity index (χ3v) is 15.8. The second kappa shape index (κ2) is 23.9. The molecule has 4 heterocycles. The maximum Gasteiger partial charge on any atom is 0.412 e. The molecule has 0 atom stereocenters. The number of ketones is 2. The molecule has 2 aliphatic heterocycles. The topological polar surface area (TPSA) is 133 Å². The number of amides is 1. The number of nitrogens with one attached hydrogen (secondary N) is 1. The molecule has 8 aromatic rings. The van der Waals surface area contributed by atoms with Gasteiger partial charge >= 0.3 is 6.09 Å². The first-order valence-corrected chi connectivity index (χ1v) is 28.4. The fourth-order valence-electron chi connectivity index (χ4n) is 11.2. The number of hydrogen-bond donors (Lipinski definition) is 2. The summed E-state index contributed by atoms with van der Waals surface area (Å²) in [5.74, 6) is 1.21. The van der Waals surface area contributed by atoms with E-state index in [-0.39, 0.29) is 18.0 Å². The molecule has 2 aromatic heterocycles. The molecule has 1 amide bonds. The van der Waals surface area contributed by atoms with Gasteiger partial charge < -0.3 is 29.1 Å². The third-order valence-electron chi connectivity index (χ3n) is 15.8. The van der Waals surface area contributed by atoms with Gasteiger partial charge in [-0.25, -0.2) is 4.79 Å². The van der Waals surface area contributed by atoms with Crippen LogP contribution in [0.1, 0.15) is 101 Å². The molecule has 408 valence electrons. The second-order valence-corrected chi connectivity index (χ2v) is 22.8. The van der Waals surface area contributed by atoms with Crippen LogP contribution >= 0.6 is 0 Å². The van der Waals surface area contributed by atoms with Crippen molar-refractivity contribution in [1.82, 2.24) is 18.9 Å². The Labute approximate surface area is 464 Å². The zero-order chi connectivity index (χ0) is 54.5. The molecule has 6 aromatic carbocycles. The maximum absolute atomic E-state index is 13.9. The van der Waals surface area contributed by atoms with Crippen molar-refractivity contribution in [1.29, 1.82) is 0 Å². The van der Waals surface area contributed by atoms with Crippen LogP contribution < -0.4 is 11.1 Å². The van der Waals surface area contributed by atoms with E-state index in [0.717, 1.165) is 141 Å². The monoisotopic (exact) mass is 1060 g/mol. The molecule has 12 nitrogen and oxygen atoms in total. The molecule has 2 aliphatic carbocycles. The minimum Gasteiger partial charge on any atom is -0.444 e. The van der Waals surface area contributed by atoms with Gasteiger partial charge in [0.1, 0.15) is 5.60 Å². The third kappa shape index (κ3) is 13.4. The van der Waals surface area contributed by atoms with Crippen LogP contribution in [0.25, 0.3) is 44.1 Å². The van der Waals surface area contributed by atoms with Crippen LogP contribution in [0.4, 0.5) is 16.2 Å². The van der Waals surface area contributed by atoms with E-state index in [2.05, 4.69) is 85.2 Å². The number of nitrogens with two attached hydrogens (primary N) is 1. The van der Waals surface area contributed by atoms with E-state index in [9.17, 15) is 14.4 Å². The summed E-state index contributed by atoms with van der Waals surface area (Å²) in [6.07, 6.45) is 9.00. The van der Waals surface area contributed by atoms with Gasteiger partial charge in [-0.05, 0) is 163 Å². The number of morpholine rings is 2. The van der Waals surface area contributed by atoms with E-state index in [1.54, 1.807) is 0 Å². The quantitative estimate of drug-likeness (QED) is 0.0675. The standard InChI is InChI=1S/C36H41N3O4.C31H33N3O2/c1-36(2,3)43-35(41)37-32-12-11-27(25-7-5-4-6-8-25)21-29(32)24-33(40)30-22-28-13-14-39(16-15-38-17-19-42-20-18-38)34(28)31(23-30)26-9-10-26;32-29-9-8-24(22-4-2-1-3-5-22)18-26(29)21-30(35)27-19-25-10-11-34(13-12-33-14-16-36-17-15-33)31(25)28(20-27)23-6-7-23/h4-8,11-14,21-23,26H,9-10,15-20,24H2,1-3H3,(H,37,41);1-5,8-11,18-20,23H,6-7,12-17,21,32H2. The van der Waals surface area contributed by atoms with Gasteiger partial charge in [0.25, 0.3) is 0 Å². The second-order valence-electron chi connectivity index (χ2n) is 22.8. The molecule has 12 rings (SSSR count). The number of fused-ring (bicyclic) bond motifs is 2. The van der Waals surface area contributed by atoms with Crippen molar-refractivity contribution < 1.29 is 28.6 Å². The average Bonchev–Trinajstić information content (AvgIpc) is 4.61. The Morgan fingerprint density at radius 1 is 0.544 bits per heavy atom. The summed E-state index contributed by atoms with van der Waals surface area (Å²) in [6, 6.07) is 44.8. The van der Waals surface area contributed by atoms with E-state index >= 15 is 0 Å². The van der Waals surface area contributed by atoms with Gasteiger partial charge in [-0.3, -0.25) is 24.7 Å². The molecular weight excluding hydrogens is 985 g/mol. The average molecular weight is 1060 g/mol. The van der Waals surface area contributed by atoms with Crippen molar-refractivity contribution in [2.24, 2.45) is 0 Å². The minimum atomic E-state index is -0.628. The number of benzene rings is 6. The van der Waals surface area contributed by atoms with Gasteiger partial charge in [-0.1, -0.05) is 72.8 Å². The molecule has 4 fully saturated rings. The van der Waals surface area contributed by atoms with Crippen LogP contribution in [0.15, 0.2) is 146 Å². The Bertz CT molecular complexity index is 3450. The lowest BCUT2D eigenvalue weighted by atomic mass is 9.94. The van der Waals surface area contributed by atoms with Crippen LogP contribution in [-0.2, 0) is 40.1 Å². The zero-order valence-electron chi connectivity index (χ0n) is 46.1. The molecule has 4 aliphatic rings. The van der Waals surface area contributed by atoms with Crippen LogP contribution in [0, 0.1) is 0 Å². The molecule has 3 N–H and O–H groups in total. The number of carbonyl (C=O) groups is 3. The van der Waals surface area contributed by atoms with Gasteiger partial charge in [-0.15, -0.1) is 0 Å². The van der Waals surface area contributed by atoms with Crippen molar-refractivity contribution in [3.8, 4) is 22.3 Å². The highest BCUT2D eigenvalue weighted by atomic mass is 16.6. The summed E-state index contributed by atoms with van der Waals surface area (Å²) in [5, 5.41) is 5.16. The van der Waals surface area contributed by atoms with Gasteiger partial charge in [0.2, 0.25) is 0 Å². The lowest BCUT2D eigenvalue weighted by Gasteiger charge is -2.26. The van der Waals surface area contributed by atoms with E-state index in [1.165, 1.54) is 35.0 Å². The van der Waals surface area contributed by atoms with Crippen molar-refractivity contribution in [2.45, 2.75) is 89.8 Å². The summed E-state index contributed by atoms with van der Waals surface area (Å²) in [6.45, 7) is 16.6. The predicted octanol–water partition coefficient (Wildman–Crippen LogP) is 12.8. The number of nitrogens with zero attached hydrogens (tertiary/aromatic N) is 4. The molecule has 2 saturated carbocycles. The Morgan fingerprint density at radius 2 is 1.00 bits per heavy atom. The van der Waals surface area contributed by atoms with Gasteiger partial charge in [0.05, 0.1) is 37.5 Å². The summed E-state index contributed by atoms with van der Waals surface area (Å²) in [7, 11) is 0. The number of anilines is 2. The fraction of sp³-hybridized carbons (Fsp3) is 0.358. The molecule has 12 heteroatoms. The molecule has 0 spiro atoms. The molecule has 0 bridgehead atoms. The van der Waals surface area contributed by atoms with Crippen molar-refractivity contribution in [3.05, 3.63) is 179 Å². The van der Waals surface area contributed by atoms with Crippen LogP contribution in [0.5, 0.6) is 0 Å².